The molecule has 0 spiro atoms. The van der Waals surface area contributed by atoms with Crippen LogP contribution in [0.5, 0.6) is 0 Å². The molecule has 0 aliphatic heterocycles. The maximum Gasteiger partial charge on any atom is 0.320 e. The van der Waals surface area contributed by atoms with Crippen LogP contribution in [0.2, 0.25) is 0 Å². The molecule has 0 rings (SSSR count). The third-order valence-corrected chi connectivity index (χ3v) is 1.52. The van der Waals surface area contributed by atoms with Crippen molar-refractivity contribution in [3.8, 4) is 0 Å². The molecule has 0 saturated heterocycles. The number of aliphatic carboxylic acids is 1. The van der Waals surface area contributed by atoms with Crippen LogP contribution in [0.15, 0.2) is 0 Å². The highest BCUT2D eigenvalue weighted by Gasteiger charge is 2.18. The molecule has 0 bridgehead atoms. The molecule has 0 saturated carbocycles. The number of carboxylic acid groups (broad SMARTS) is 1. The number of hydrogen-bond donors (Lipinski definition) is 2. The molecule has 2 N–H and O–H groups in total. The van der Waals surface area contributed by atoms with Gasteiger partial charge >= 0.3 is 5.97 Å². The lowest BCUT2D eigenvalue weighted by Gasteiger charge is -2.12. The summed E-state index contributed by atoms with van der Waals surface area (Å²) in [5.41, 5.74) is 0. The van der Waals surface area contributed by atoms with Crippen molar-refractivity contribution in [2.75, 3.05) is 6.54 Å². The molecular weight excluding hydrogens is 189 g/mol. The number of likely N-dealkylation sites (N-methyl/N-ethyl adjacent to an activating group) is 1. The molecule has 0 aliphatic rings. The zero-order valence-corrected chi connectivity index (χ0v) is 7.69. The number of halogens is 2. The maximum absolute atomic E-state index is 10.4. The first-order valence-corrected chi connectivity index (χ1v) is 4.19. The summed E-state index contributed by atoms with van der Waals surface area (Å²) in [6.45, 7) is 2.42. The smallest absolute Gasteiger partial charge is 0.320 e. The summed E-state index contributed by atoms with van der Waals surface area (Å²) in [7, 11) is 0. The van der Waals surface area contributed by atoms with Crippen LogP contribution in [0, 0.1) is 0 Å². The van der Waals surface area contributed by atoms with Gasteiger partial charge in [0, 0.05) is 6.42 Å². The van der Waals surface area contributed by atoms with Crippen molar-refractivity contribution in [3.63, 3.8) is 0 Å². The zero-order valence-electron chi connectivity index (χ0n) is 6.18. The molecule has 3 nitrogen and oxygen atoms in total. The quantitative estimate of drug-likeness (QED) is 0.656. The SMILES string of the molecule is CCN[C@@H](CC(Cl)Cl)C(=O)O. The van der Waals surface area contributed by atoms with Crippen LogP contribution in [0.25, 0.3) is 0 Å². The van der Waals surface area contributed by atoms with Gasteiger partial charge in [-0.3, -0.25) is 4.79 Å². The molecule has 0 unspecified atom stereocenters. The van der Waals surface area contributed by atoms with Crippen LogP contribution in [-0.2, 0) is 4.79 Å². The van der Waals surface area contributed by atoms with Crippen LogP contribution in [0.1, 0.15) is 13.3 Å². The molecule has 1 atom stereocenters. The molecule has 0 heterocycles. The Bertz CT molecular complexity index is 130. The number of carbonyl (C=O) groups is 1. The Balaban J connectivity index is 3.79. The predicted molar refractivity (Wildman–Crippen MR) is 45.2 cm³/mol. The Morgan fingerprint density at radius 2 is 2.18 bits per heavy atom. The van der Waals surface area contributed by atoms with Crippen molar-refractivity contribution in [1.82, 2.24) is 5.32 Å². The monoisotopic (exact) mass is 199 g/mol. The maximum atomic E-state index is 10.4. The van der Waals surface area contributed by atoms with Crippen LogP contribution in [0.4, 0.5) is 0 Å². The summed E-state index contributed by atoms with van der Waals surface area (Å²) in [5, 5.41) is 11.3. The van der Waals surface area contributed by atoms with E-state index in [1.54, 1.807) is 0 Å². The van der Waals surface area contributed by atoms with E-state index >= 15 is 0 Å². The third-order valence-electron chi connectivity index (χ3n) is 1.16. The second kappa shape index (κ2) is 5.63. The summed E-state index contributed by atoms with van der Waals surface area (Å²) >= 11 is 10.8. The second-order valence-electron chi connectivity index (χ2n) is 2.08. The topological polar surface area (TPSA) is 49.3 Å². The fraction of sp³-hybridized carbons (Fsp3) is 0.833. The minimum absolute atomic E-state index is 0.228. The van der Waals surface area contributed by atoms with Crippen LogP contribution >= 0.6 is 23.2 Å². The Labute approximate surface area is 75.7 Å². The molecule has 66 valence electrons. The van der Waals surface area contributed by atoms with E-state index in [4.69, 9.17) is 28.3 Å². The highest BCUT2D eigenvalue weighted by Crippen LogP contribution is 2.09. The van der Waals surface area contributed by atoms with Gasteiger partial charge in [0.25, 0.3) is 0 Å². The van der Waals surface area contributed by atoms with Gasteiger partial charge in [0.1, 0.15) is 10.9 Å². The fourth-order valence-corrected chi connectivity index (χ4v) is 1.05. The van der Waals surface area contributed by atoms with Crippen molar-refractivity contribution in [2.24, 2.45) is 0 Å². The first-order chi connectivity index (χ1) is 5.07. The number of nitrogens with one attached hydrogen (secondary N) is 1. The summed E-state index contributed by atoms with van der Waals surface area (Å²) in [4.78, 5) is 9.82. The molecule has 0 aromatic heterocycles. The molecule has 0 aromatic carbocycles. The van der Waals surface area contributed by atoms with E-state index in [1.165, 1.54) is 0 Å². The zero-order chi connectivity index (χ0) is 8.85. The molecule has 0 aliphatic carbocycles. The van der Waals surface area contributed by atoms with E-state index in [9.17, 15) is 4.79 Å². The Morgan fingerprint density at radius 1 is 1.64 bits per heavy atom. The van der Waals surface area contributed by atoms with Gasteiger partial charge in [-0.25, -0.2) is 0 Å². The van der Waals surface area contributed by atoms with Crippen LogP contribution in [0.3, 0.4) is 0 Å². The van der Waals surface area contributed by atoms with Gasteiger partial charge in [0.2, 0.25) is 0 Å². The van der Waals surface area contributed by atoms with Gasteiger partial charge < -0.3 is 10.4 Å². The molecule has 11 heavy (non-hydrogen) atoms. The molecule has 5 heteroatoms. The summed E-state index contributed by atoms with van der Waals surface area (Å²) in [6, 6.07) is -0.639. The molecule has 0 aromatic rings. The lowest BCUT2D eigenvalue weighted by molar-refractivity contribution is -0.139. The first-order valence-electron chi connectivity index (χ1n) is 3.32. The van der Waals surface area contributed by atoms with E-state index in [-0.39, 0.29) is 6.42 Å². The molecule has 0 radical (unpaired) electrons. The van der Waals surface area contributed by atoms with E-state index < -0.39 is 16.8 Å². The van der Waals surface area contributed by atoms with E-state index in [1.807, 2.05) is 6.92 Å². The Hall–Kier alpha value is 0.01000. The highest BCUT2D eigenvalue weighted by molar-refractivity contribution is 6.44. The summed E-state index contributed by atoms with van der Waals surface area (Å²) < 4.78 is 0. The fourth-order valence-electron chi connectivity index (χ4n) is 0.696. The minimum Gasteiger partial charge on any atom is -0.480 e. The van der Waals surface area contributed by atoms with Gasteiger partial charge in [-0.05, 0) is 6.54 Å². The van der Waals surface area contributed by atoms with E-state index in [0.717, 1.165) is 0 Å². The van der Waals surface area contributed by atoms with Crippen molar-refractivity contribution < 1.29 is 9.90 Å². The summed E-state index contributed by atoms with van der Waals surface area (Å²) in [6.07, 6.45) is 0.228. The first kappa shape index (κ1) is 11.0. The van der Waals surface area contributed by atoms with E-state index in [2.05, 4.69) is 5.32 Å². The van der Waals surface area contributed by atoms with Gasteiger partial charge in [0.05, 0.1) is 0 Å². The number of hydrogen-bond acceptors (Lipinski definition) is 2. The third kappa shape index (κ3) is 5.30. The van der Waals surface area contributed by atoms with Crippen molar-refractivity contribution in [1.29, 1.82) is 0 Å². The van der Waals surface area contributed by atoms with Crippen molar-refractivity contribution in [2.45, 2.75) is 24.2 Å². The van der Waals surface area contributed by atoms with Gasteiger partial charge in [-0.2, -0.15) is 0 Å². The largest absolute Gasteiger partial charge is 0.480 e. The number of rotatable bonds is 5. The number of alkyl halides is 2. The Morgan fingerprint density at radius 3 is 2.45 bits per heavy atom. The minimum atomic E-state index is -0.918. The standard InChI is InChI=1S/C6H11Cl2NO2/c1-2-9-4(6(10)11)3-5(7)8/h4-5,9H,2-3H2,1H3,(H,10,11)/t4-/m0/s1. The second-order valence-corrected chi connectivity index (χ2v) is 3.35. The average molecular weight is 200 g/mol. The van der Waals surface area contributed by atoms with Gasteiger partial charge in [-0.15, -0.1) is 23.2 Å². The van der Waals surface area contributed by atoms with Crippen molar-refractivity contribution in [3.05, 3.63) is 0 Å². The van der Waals surface area contributed by atoms with Crippen LogP contribution < -0.4 is 5.32 Å². The van der Waals surface area contributed by atoms with Gasteiger partial charge in [0.15, 0.2) is 0 Å². The molecule has 0 fully saturated rings. The lowest BCUT2D eigenvalue weighted by Crippen LogP contribution is -2.37. The number of carboxylic acids is 1. The van der Waals surface area contributed by atoms with Crippen molar-refractivity contribution >= 4 is 29.2 Å². The normalized spacial score (nSPS) is 13.5. The molecular formula is C6H11Cl2NO2. The van der Waals surface area contributed by atoms with Gasteiger partial charge in [-0.1, -0.05) is 6.92 Å². The molecule has 0 amide bonds. The Kier molecular flexibility index (Phi) is 5.64. The predicted octanol–water partition coefficient (Wildman–Crippen LogP) is 1.24. The highest BCUT2D eigenvalue weighted by atomic mass is 35.5. The van der Waals surface area contributed by atoms with Crippen LogP contribution in [-0.4, -0.2) is 28.5 Å². The average Bonchev–Trinajstić information content (AvgIpc) is 1.86. The lowest BCUT2D eigenvalue weighted by atomic mass is 10.2. The summed E-state index contributed by atoms with van der Waals surface area (Å²) in [5.74, 6) is -0.918. The van der Waals surface area contributed by atoms with E-state index in [0.29, 0.717) is 6.54 Å².